The summed E-state index contributed by atoms with van der Waals surface area (Å²) in [5.74, 6) is 1.46. The lowest BCUT2D eigenvalue weighted by Crippen LogP contribution is -2.27. The molecule has 1 aromatic heterocycles. The van der Waals surface area contributed by atoms with Crippen molar-refractivity contribution in [2.75, 3.05) is 6.61 Å². The minimum atomic E-state index is -1.39. The predicted octanol–water partition coefficient (Wildman–Crippen LogP) is 3.62. The van der Waals surface area contributed by atoms with E-state index >= 15 is 0 Å². The van der Waals surface area contributed by atoms with Gasteiger partial charge in [-0.3, -0.25) is 0 Å². The quantitative estimate of drug-likeness (QED) is 0.695. The maximum Gasteiger partial charge on any atom is 0.183 e. The van der Waals surface area contributed by atoms with Gasteiger partial charge in [0.05, 0.1) is 6.26 Å². The van der Waals surface area contributed by atoms with Crippen LogP contribution in [-0.2, 0) is 4.43 Å². The van der Waals surface area contributed by atoms with E-state index in [0.29, 0.717) is 5.92 Å². The Labute approximate surface area is 87.4 Å². The first-order valence-electron chi connectivity index (χ1n) is 5.20. The third kappa shape index (κ3) is 3.68. The topological polar surface area (TPSA) is 22.4 Å². The molecule has 0 radical (unpaired) electrons. The molecule has 0 amide bonds. The van der Waals surface area contributed by atoms with E-state index < -0.39 is 8.32 Å². The highest BCUT2D eigenvalue weighted by Crippen LogP contribution is 2.21. The van der Waals surface area contributed by atoms with Crippen LogP contribution in [0.3, 0.4) is 0 Å². The molecule has 0 aliphatic carbocycles. The van der Waals surface area contributed by atoms with Gasteiger partial charge in [0.1, 0.15) is 5.76 Å². The summed E-state index contributed by atoms with van der Waals surface area (Å²) < 4.78 is 11.3. The maximum absolute atomic E-state index is 5.89. The molecule has 0 spiro atoms. The van der Waals surface area contributed by atoms with Crippen LogP contribution in [-0.4, -0.2) is 14.9 Å². The van der Waals surface area contributed by atoms with Gasteiger partial charge in [0.2, 0.25) is 0 Å². The molecule has 0 saturated carbocycles. The second-order valence-electron chi connectivity index (χ2n) is 4.54. The van der Waals surface area contributed by atoms with Gasteiger partial charge in [-0.15, -0.1) is 0 Å². The Balaban J connectivity index is 2.49. The first-order chi connectivity index (χ1) is 6.53. The fourth-order valence-electron chi connectivity index (χ4n) is 1.28. The molecular formula is C11H20O2Si. The van der Waals surface area contributed by atoms with E-state index in [1.54, 1.807) is 6.26 Å². The zero-order chi connectivity index (χ0) is 10.6. The molecule has 1 heterocycles. The van der Waals surface area contributed by atoms with Crippen molar-refractivity contribution in [3.05, 3.63) is 24.2 Å². The van der Waals surface area contributed by atoms with Crippen LogP contribution in [0, 0.1) is 0 Å². The van der Waals surface area contributed by atoms with Gasteiger partial charge in [0.25, 0.3) is 0 Å². The number of hydrogen-bond donors (Lipinski definition) is 0. The fraction of sp³-hybridized carbons (Fsp3) is 0.636. The average molecular weight is 212 g/mol. The van der Waals surface area contributed by atoms with E-state index in [2.05, 4.69) is 26.6 Å². The van der Waals surface area contributed by atoms with Gasteiger partial charge in [-0.05, 0) is 38.2 Å². The monoisotopic (exact) mass is 212 g/mol. The lowest BCUT2D eigenvalue weighted by molar-refractivity contribution is 0.260. The Morgan fingerprint density at radius 1 is 1.43 bits per heavy atom. The van der Waals surface area contributed by atoms with Crippen molar-refractivity contribution in [2.24, 2.45) is 0 Å². The van der Waals surface area contributed by atoms with Gasteiger partial charge in [-0.25, -0.2) is 0 Å². The summed E-state index contributed by atoms with van der Waals surface area (Å²) in [6, 6.07) is 3.97. The second-order valence-corrected chi connectivity index (χ2v) is 9.06. The van der Waals surface area contributed by atoms with Crippen molar-refractivity contribution in [1.29, 1.82) is 0 Å². The van der Waals surface area contributed by atoms with Crippen LogP contribution in [0.2, 0.25) is 19.6 Å². The van der Waals surface area contributed by atoms with Crippen LogP contribution in [0.4, 0.5) is 0 Å². The van der Waals surface area contributed by atoms with Crippen LogP contribution >= 0.6 is 0 Å². The van der Waals surface area contributed by atoms with Crippen molar-refractivity contribution in [3.63, 3.8) is 0 Å². The molecule has 0 bridgehead atoms. The van der Waals surface area contributed by atoms with Gasteiger partial charge >= 0.3 is 0 Å². The standard InChI is InChI=1S/C11H20O2Si/c1-5-10(9-13-14(2,3)4)11-7-6-8-12-11/h6-8,10H,5,9H2,1-4H3. The Morgan fingerprint density at radius 3 is 2.57 bits per heavy atom. The van der Waals surface area contributed by atoms with E-state index in [-0.39, 0.29) is 0 Å². The van der Waals surface area contributed by atoms with Crippen LogP contribution in [0.15, 0.2) is 22.8 Å². The molecule has 80 valence electrons. The zero-order valence-electron chi connectivity index (χ0n) is 9.54. The molecule has 0 N–H and O–H groups in total. The molecule has 1 rings (SSSR count). The van der Waals surface area contributed by atoms with Crippen LogP contribution in [0.1, 0.15) is 25.0 Å². The Morgan fingerprint density at radius 2 is 2.14 bits per heavy atom. The molecule has 1 atom stereocenters. The van der Waals surface area contributed by atoms with Crippen LogP contribution < -0.4 is 0 Å². The van der Waals surface area contributed by atoms with E-state index in [4.69, 9.17) is 8.84 Å². The SMILES string of the molecule is CCC(CO[Si](C)(C)C)c1ccco1. The molecular weight excluding hydrogens is 192 g/mol. The first kappa shape index (κ1) is 11.5. The smallest absolute Gasteiger partial charge is 0.183 e. The largest absolute Gasteiger partial charge is 0.469 e. The van der Waals surface area contributed by atoms with Crippen molar-refractivity contribution < 1.29 is 8.84 Å². The lowest BCUT2D eigenvalue weighted by atomic mass is 10.1. The van der Waals surface area contributed by atoms with Crippen LogP contribution in [0.25, 0.3) is 0 Å². The van der Waals surface area contributed by atoms with E-state index in [1.165, 1.54) is 0 Å². The maximum atomic E-state index is 5.89. The minimum absolute atomic E-state index is 0.414. The highest BCUT2D eigenvalue weighted by Gasteiger charge is 2.19. The minimum Gasteiger partial charge on any atom is -0.469 e. The van der Waals surface area contributed by atoms with Crippen LogP contribution in [0.5, 0.6) is 0 Å². The molecule has 0 aromatic carbocycles. The molecule has 2 nitrogen and oxygen atoms in total. The Kier molecular flexibility index (Phi) is 3.95. The number of furan rings is 1. The Bertz CT molecular complexity index is 249. The normalized spacial score (nSPS) is 14.3. The average Bonchev–Trinajstić information content (AvgIpc) is 2.56. The van der Waals surface area contributed by atoms with E-state index in [9.17, 15) is 0 Å². The molecule has 3 heteroatoms. The van der Waals surface area contributed by atoms with Gasteiger partial charge in [0.15, 0.2) is 8.32 Å². The van der Waals surface area contributed by atoms with Gasteiger partial charge < -0.3 is 8.84 Å². The number of rotatable bonds is 5. The highest BCUT2D eigenvalue weighted by molar-refractivity contribution is 6.69. The van der Waals surface area contributed by atoms with Crippen molar-refractivity contribution in [2.45, 2.75) is 38.9 Å². The zero-order valence-corrected chi connectivity index (χ0v) is 10.5. The van der Waals surface area contributed by atoms with Gasteiger partial charge in [-0.2, -0.15) is 0 Å². The number of hydrogen-bond acceptors (Lipinski definition) is 2. The summed E-state index contributed by atoms with van der Waals surface area (Å²) in [4.78, 5) is 0. The third-order valence-electron chi connectivity index (χ3n) is 2.16. The summed E-state index contributed by atoms with van der Waals surface area (Å²) in [6.45, 7) is 9.59. The Hall–Kier alpha value is -0.543. The fourth-order valence-corrected chi connectivity index (χ4v) is 1.98. The molecule has 0 aliphatic rings. The molecule has 0 fully saturated rings. The summed E-state index contributed by atoms with van der Waals surface area (Å²) in [6.07, 6.45) is 2.80. The molecule has 1 aromatic rings. The molecule has 1 unspecified atom stereocenters. The van der Waals surface area contributed by atoms with E-state index in [1.807, 2.05) is 12.1 Å². The second kappa shape index (κ2) is 4.80. The lowest BCUT2D eigenvalue weighted by Gasteiger charge is -2.21. The van der Waals surface area contributed by atoms with Crippen molar-refractivity contribution >= 4 is 8.32 Å². The summed E-state index contributed by atoms with van der Waals surface area (Å²) in [5, 5.41) is 0. The molecule has 0 saturated heterocycles. The summed E-state index contributed by atoms with van der Waals surface area (Å²) in [5.41, 5.74) is 0. The highest BCUT2D eigenvalue weighted by atomic mass is 28.4. The van der Waals surface area contributed by atoms with Gasteiger partial charge in [0, 0.05) is 12.5 Å². The molecule has 14 heavy (non-hydrogen) atoms. The van der Waals surface area contributed by atoms with Crippen molar-refractivity contribution in [1.82, 2.24) is 0 Å². The van der Waals surface area contributed by atoms with Gasteiger partial charge in [-0.1, -0.05) is 6.92 Å². The molecule has 0 aliphatic heterocycles. The third-order valence-corrected chi connectivity index (χ3v) is 3.19. The van der Waals surface area contributed by atoms with E-state index in [0.717, 1.165) is 18.8 Å². The predicted molar refractivity (Wildman–Crippen MR) is 61.0 cm³/mol. The van der Waals surface area contributed by atoms with Crippen molar-refractivity contribution in [3.8, 4) is 0 Å². The first-order valence-corrected chi connectivity index (χ1v) is 8.61. The summed E-state index contributed by atoms with van der Waals surface area (Å²) >= 11 is 0. The summed E-state index contributed by atoms with van der Waals surface area (Å²) in [7, 11) is -1.39.